The molecule has 5 nitrogen and oxygen atoms in total. The van der Waals surface area contributed by atoms with Gasteiger partial charge in [-0.1, -0.05) is 18.2 Å². The molecule has 0 radical (unpaired) electrons. The van der Waals surface area contributed by atoms with Crippen molar-refractivity contribution in [3.05, 3.63) is 63.8 Å². The van der Waals surface area contributed by atoms with E-state index in [1.54, 1.807) is 31.4 Å². The second-order valence-corrected chi connectivity index (χ2v) is 6.01. The van der Waals surface area contributed by atoms with Crippen molar-refractivity contribution in [3.63, 3.8) is 0 Å². The Morgan fingerprint density at radius 2 is 2.04 bits per heavy atom. The quantitative estimate of drug-likeness (QED) is 0.556. The first-order chi connectivity index (χ1) is 12.1. The van der Waals surface area contributed by atoms with E-state index in [9.17, 15) is 4.79 Å². The third-order valence-electron chi connectivity index (χ3n) is 3.54. The number of hydrogen-bond donors (Lipinski definition) is 0. The van der Waals surface area contributed by atoms with E-state index in [2.05, 4.69) is 20.9 Å². The van der Waals surface area contributed by atoms with Crippen LogP contribution in [0.15, 0.2) is 57.6 Å². The smallest absolute Gasteiger partial charge is 0.363 e. The fraction of sp³-hybridized carbons (Fsp3) is 0.158. The van der Waals surface area contributed by atoms with Gasteiger partial charge in [0.25, 0.3) is 0 Å². The number of halogens is 1. The van der Waals surface area contributed by atoms with Gasteiger partial charge in [0.2, 0.25) is 5.90 Å². The first-order valence-corrected chi connectivity index (χ1v) is 8.50. The maximum atomic E-state index is 12.2. The van der Waals surface area contributed by atoms with Gasteiger partial charge < -0.3 is 14.2 Å². The van der Waals surface area contributed by atoms with E-state index in [-0.39, 0.29) is 11.6 Å². The maximum Gasteiger partial charge on any atom is 0.363 e. The molecule has 0 fully saturated rings. The lowest BCUT2D eigenvalue weighted by molar-refractivity contribution is -0.129. The molecule has 0 saturated carbocycles. The lowest BCUT2D eigenvalue weighted by atomic mass is 10.1. The van der Waals surface area contributed by atoms with E-state index >= 15 is 0 Å². The summed E-state index contributed by atoms with van der Waals surface area (Å²) in [7, 11) is 1.59. The van der Waals surface area contributed by atoms with Gasteiger partial charge in [-0.3, -0.25) is 0 Å². The predicted molar refractivity (Wildman–Crippen MR) is 98.9 cm³/mol. The van der Waals surface area contributed by atoms with Crippen molar-refractivity contribution < 1.29 is 19.0 Å². The summed E-state index contributed by atoms with van der Waals surface area (Å²) >= 11 is 3.45. The van der Waals surface area contributed by atoms with E-state index in [0.29, 0.717) is 23.7 Å². The highest BCUT2D eigenvalue weighted by atomic mass is 79.9. The molecule has 128 valence electrons. The molecule has 0 atom stereocenters. The summed E-state index contributed by atoms with van der Waals surface area (Å²) < 4.78 is 16.8. The van der Waals surface area contributed by atoms with Crippen molar-refractivity contribution in [2.45, 2.75) is 6.92 Å². The average molecular weight is 402 g/mol. The van der Waals surface area contributed by atoms with Gasteiger partial charge in [0.1, 0.15) is 11.5 Å². The molecule has 0 bridgehead atoms. The number of para-hydroxylation sites is 1. The number of aliphatic imine (C=N–C) groups is 1. The summed E-state index contributed by atoms with van der Waals surface area (Å²) in [4.78, 5) is 16.5. The van der Waals surface area contributed by atoms with Crippen LogP contribution in [0.2, 0.25) is 0 Å². The molecule has 2 aromatic rings. The minimum absolute atomic E-state index is 0.227. The number of hydrogen-bond acceptors (Lipinski definition) is 5. The Kier molecular flexibility index (Phi) is 5.19. The van der Waals surface area contributed by atoms with Crippen LogP contribution in [0.4, 0.5) is 0 Å². The second kappa shape index (κ2) is 7.53. The van der Waals surface area contributed by atoms with Gasteiger partial charge in [0.05, 0.1) is 19.3 Å². The number of carbonyl (C=O) groups excluding carboxylic acids is 1. The minimum atomic E-state index is -0.496. The zero-order chi connectivity index (χ0) is 17.8. The first-order valence-electron chi connectivity index (χ1n) is 7.70. The van der Waals surface area contributed by atoms with Gasteiger partial charge in [-0.05, 0) is 53.2 Å². The largest absolute Gasteiger partial charge is 0.497 e. The van der Waals surface area contributed by atoms with Gasteiger partial charge in [-0.25, -0.2) is 9.79 Å². The van der Waals surface area contributed by atoms with E-state index in [1.807, 2.05) is 31.2 Å². The number of carbonyl (C=O) groups is 1. The highest BCUT2D eigenvalue weighted by Gasteiger charge is 2.26. The zero-order valence-corrected chi connectivity index (χ0v) is 15.4. The number of cyclic esters (lactones) is 1. The number of nitrogens with zero attached hydrogens (tertiary/aromatic N) is 1. The van der Waals surface area contributed by atoms with Crippen LogP contribution < -0.4 is 9.47 Å². The second-order valence-electron chi connectivity index (χ2n) is 5.15. The molecule has 1 heterocycles. The van der Waals surface area contributed by atoms with Gasteiger partial charge in [0.15, 0.2) is 5.70 Å². The number of benzene rings is 2. The highest BCUT2D eigenvalue weighted by molar-refractivity contribution is 9.10. The van der Waals surface area contributed by atoms with Gasteiger partial charge in [0, 0.05) is 10.0 Å². The molecule has 0 unspecified atom stereocenters. The van der Waals surface area contributed by atoms with Gasteiger partial charge in [-0.2, -0.15) is 0 Å². The van der Waals surface area contributed by atoms with Gasteiger partial charge in [-0.15, -0.1) is 0 Å². The Balaban J connectivity index is 1.96. The molecule has 0 aromatic heterocycles. The molecule has 1 aliphatic heterocycles. The topological polar surface area (TPSA) is 57.1 Å². The van der Waals surface area contributed by atoms with E-state index in [4.69, 9.17) is 14.2 Å². The maximum absolute atomic E-state index is 12.2. The molecule has 0 N–H and O–H groups in total. The SMILES string of the molecule is CCOc1ccccc1/C=C1\N=C(c2ccc(OC)cc2Br)OC1=O. The lowest BCUT2D eigenvalue weighted by Crippen LogP contribution is -2.06. The molecule has 2 aromatic carbocycles. The Morgan fingerprint density at radius 1 is 1.24 bits per heavy atom. The standard InChI is InChI=1S/C19H16BrNO4/c1-3-24-17-7-5-4-6-12(17)10-16-19(22)25-18(21-16)14-9-8-13(23-2)11-15(14)20/h4-11H,3H2,1-2H3/b16-10-. The minimum Gasteiger partial charge on any atom is -0.497 e. The van der Waals surface area contributed by atoms with E-state index in [0.717, 1.165) is 10.0 Å². The van der Waals surface area contributed by atoms with E-state index < -0.39 is 5.97 Å². The molecular formula is C19H16BrNO4. The van der Waals surface area contributed by atoms with E-state index in [1.165, 1.54) is 0 Å². The van der Waals surface area contributed by atoms with Crippen LogP contribution in [-0.4, -0.2) is 25.6 Å². The molecule has 0 aliphatic carbocycles. The number of rotatable bonds is 5. The first kappa shape index (κ1) is 17.2. The number of methoxy groups -OCH3 is 1. The fourth-order valence-electron chi connectivity index (χ4n) is 2.35. The number of esters is 1. The lowest BCUT2D eigenvalue weighted by Gasteiger charge is -2.06. The summed E-state index contributed by atoms with van der Waals surface area (Å²) in [6, 6.07) is 12.8. The summed E-state index contributed by atoms with van der Waals surface area (Å²) in [6.07, 6.45) is 1.66. The Labute approximate surface area is 154 Å². The monoisotopic (exact) mass is 401 g/mol. The molecule has 25 heavy (non-hydrogen) atoms. The normalized spacial score (nSPS) is 15.1. The van der Waals surface area contributed by atoms with Crippen LogP contribution in [0.3, 0.4) is 0 Å². The Morgan fingerprint density at radius 3 is 2.76 bits per heavy atom. The van der Waals surface area contributed by atoms with Crippen molar-refractivity contribution in [1.82, 2.24) is 0 Å². The van der Waals surface area contributed by atoms with Crippen LogP contribution in [0.5, 0.6) is 11.5 Å². The van der Waals surface area contributed by atoms with Crippen molar-refractivity contribution in [3.8, 4) is 11.5 Å². The highest BCUT2D eigenvalue weighted by Crippen LogP contribution is 2.28. The summed E-state index contributed by atoms with van der Waals surface area (Å²) in [5.41, 5.74) is 1.68. The molecule has 0 saturated heterocycles. The molecule has 6 heteroatoms. The summed E-state index contributed by atoms with van der Waals surface area (Å²) in [5.74, 6) is 1.14. The average Bonchev–Trinajstić information content (AvgIpc) is 2.97. The van der Waals surface area contributed by atoms with Crippen LogP contribution in [0, 0.1) is 0 Å². The van der Waals surface area contributed by atoms with Crippen molar-refractivity contribution in [2.75, 3.05) is 13.7 Å². The molecule has 0 amide bonds. The van der Waals surface area contributed by atoms with Crippen LogP contribution in [0.25, 0.3) is 6.08 Å². The van der Waals surface area contributed by atoms with Crippen LogP contribution >= 0.6 is 15.9 Å². The third kappa shape index (κ3) is 3.74. The summed E-state index contributed by atoms with van der Waals surface area (Å²) in [5, 5.41) is 0. The molecular weight excluding hydrogens is 386 g/mol. The van der Waals surface area contributed by atoms with Crippen LogP contribution in [-0.2, 0) is 9.53 Å². The van der Waals surface area contributed by atoms with Crippen molar-refractivity contribution in [2.24, 2.45) is 4.99 Å². The number of ether oxygens (including phenoxy) is 3. The van der Waals surface area contributed by atoms with Crippen LogP contribution in [0.1, 0.15) is 18.1 Å². The van der Waals surface area contributed by atoms with Crippen molar-refractivity contribution in [1.29, 1.82) is 0 Å². The fourth-order valence-corrected chi connectivity index (χ4v) is 2.88. The molecule has 0 spiro atoms. The Bertz CT molecular complexity index is 873. The molecule has 3 rings (SSSR count). The van der Waals surface area contributed by atoms with Gasteiger partial charge >= 0.3 is 5.97 Å². The summed E-state index contributed by atoms with van der Waals surface area (Å²) in [6.45, 7) is 2.45. The molecule has 1 aliphatic rings. The Hall–Kier alpha value is -2.60. The third-order valence-corrected chi connectivity index (χ3v) is 4.19. The zero-order valence-electron chi connectivity index (χ0n) is 13.8. The van der Waals surface area contributed by atoms with Crippen molar-refractivity contribution >= 4 is 33.9 Å². The predicted octanol–water partition coefficient (Wildman–Crippen LogP) is 4.20.